The van der Waals surface area contributed by atoms with Crippen LogP contribution in [-0.4, -0.2) is 20.3 Å². The summed E-state index contributed by atoms with van der Waals surface area (Å²) in [6.45, 7) is 3.69. The molecule has 0 saturated carbocycles. The normalized spacial score (nSPS) is 12.4. The highest BCUT2D eigenvalue weighted by Crippen LogP contribution is 2.22. The molecule has 0 aliphatic carbocycles. The molecule has 2 aromatic heterocycles. The van der Waals surface area contributed by atoms with Crippen LogP contribution in [0.3, 0.4) is 0 Å². The minimum Gasteiger partial charge on any atom is -0.384 e. The average molecular weight is 215 g/mol. The molecule has 1 atom stereocenters. The van der Waals surface area contributed by atoms with Crippen LogP contribution in [0.2, 0.25) is 0 Å². The predicted molar refractivity (Wildman–Crippen MR) is 59.8 cm³/mol. The molecule has 2 heterocycles. The van der Waals surface area contributed by atoms with Gasteiger partial charge in [-0.1, -0.05) is 6.07 Å². The van der Waals surface area contributed by atoms with Crippen LogP contribution >= 0.6 is 0 Å². The molecule has 0 saturated heterocycles. The zero-order valence-corrected chi connectivity index (χ0v) is 9.25. The standard InChI is InChI=1S/C12H13N3O/c1-8-6-11(9(2)15-14-8)12(16)10-4-3-5-13-7-10/h3-7,12,16H,1-2H3. The molecule has 4 heteroatoms. The van der Waals surface area contributed by atoms with Gasteiger partial charge in [-0.2, -0.15) is 10.2 Å². The topological polar surface area (TPSA) is 58.9 Å². The Balaban J connectivity index is 2.41. The lowest BCUT2D eigenvalue weighted by molar-refractivity contribution is 0.218. The molecule has 0 fully saturated rings. The second-order valence-electron chi connectivity index (χ2n) is 3.72. The van der Waals surface area contributed by atoms with Crippen molar-refractivity contribution in [1.82, 2.24) is 15.2 Å². The first-order chi connectivity index (χ1) is 7.68. The molecule has 0 aliphatic heterocycles. The van der Waals surface area contributed by atoms with E-state index in [1.165, 1.54) is 0 Å². The number of rotatable bonds is 2. The number of aliphatic hydroxyl groups excluding tert-OH is 1. The lowest BCUT2D eigenvalue weighted by atomic mass is 10.0. The Labute approximate surface area is 94.0 Å². The van der Waals surface area contributed by atoms with Crippen LogP contribution in [0, 0.1) is 13.8 Å². The molecule has 16 heavy (non-hydrogen) atoms. The van der Waals surface area contributed by atoms with Crippen molar-refractivity contribution in [1.29, 1.82) is 0 Å². The van der Waals surface area contributed by atoms with Crippen molar-refractivity contribution in [2.24, 2.45) is 0 Å². The summed E-state index contributed by atoms with van der Waals surface area (Å²) < 4.78 is 0. The van der Waals surface area contributed by atoms with Crippen LogP contribution in [-0.2, 0) is 0 Å². The Bertz CT molecular complexity index is 485. The molecular formula is C12H13N3O. The fourth-order valence-electron chi connectivity index (χ4n) is 1.56. The van der Waals surface area contributed by atoms with E-state index in [4.69, 9.17) is 0 Å². The van der Waals surface area contributed by atoms with E-state index in [1.54, 1.807) is 18.5 Å². The highest BCUT2D eigenvalue weighted by Gasteiger charge is 2.14. The number of aromatic nitrogens is 3. The van der Waals surface area contributed by atoms with E-state index in [0.29, 0.717) is 0 Å². The van der Waals surface area contributed by atoms with Crippen LogP contribution in [0.5, 0.6) is 0 Å². The van der Waals surface area contributed by atoms with Gasteiger partial charge in [0.1, 0.15) is 6.10 Å². The Kier molecular flexibility index (Phi) is 2.92. The number of nitrogens with zero attached hydrogens (tertiary/aromatic N) is 3. The first kappa shape index (κ1) is 10.7. The van der Waals surface area contributed by atoms with Gasteiger partial charge in [-0.25, -0.2) is 0 Å². The average Bonchev–Trinajstić information content (AvgIpc) is 2.32. The first-order valence-electron chi connectivity index (χ1n) is 5.07. The summed E-state index contributed by atoms with van der Waals surface area (Å²) in [5.74, 6) is 0. The zero-order valence-electron chi connectivity index (χ0n) is 9.25. The predicted octanol–water partition coefficient (Wildman–Crippen LogP) is 1.57. The fourth-order valence-corrected chi connectivity index (χ4v) is 1.56. The van der Waals surface area contributed by atoms with Gasteiger partial charge in [0.25, 0.3) is 0 Å². The van der Waals surface area contributed by atoms with Crippen molar-refractivity contribution in [2.45, 2.75) is 20.0 Å². The highest BCUT2D eigenvalue weighted by atomic mass is 16.3. The second kappa shape index (κ2) is 4.37. The van der Waals surface area contributed by atoms with E-state index < -0.39 is 6.10 Å². The van der Waals surface area contributed by atoms with Gasteiger partial charge in [0.05, 0.1) is 11.4 Å². The molecule has 1 unspecified atom stereocenters. The smallest absolute Gasteiger partial charge is 0.107 e. The minimum atomic E-state index is -0.692. The van der Waals surface area contributed by atoms with Gasteiger partial charge in [0.2, 0.25) is 0 Å². The Morgan fingerprint density at radius 1 is 1.25 bits per heavy atom. The van der Waals surface area contributed by atoms with Gasteiger partial charge >= 0.3 is 0 Å². The van der Waals surface area contributed by atoms with Gasteiger partial charge in [-0.05, 0) is 26.0 Å². The number of aliphatic hydroxyl groups is 1. The molecular weight excluding hydrogens is 202 g/mol. The lowest BCUT2D eigenvalue weighted by Gasteiger charge is -2.12. The number of pyridine rings is 1. The lowest BCUT2D eigenvalue weighted by Crippen LogP contribution is -2.05. The van der Waals surface area contributed by atoms with Gasteiger partial charge < -0.3 is 5.11 Å². The zero-order chi connectivity index (χ0) is 11.5. The van der Waals surface area contributed by atoms with Crippen LogP contribution in [0.4, 0.5) is 0 Å². The summed E-state index contributed by atoms with van der Waals surface area (Å²) in [6, 6.07) is 5.49. The van der Waals surface area contributed by atoms with Crippen molar-refractivity contribution >= 4 is 0 Å². The molecule has 4 nitrogen and oxygen atoms in total. The summed E-state index contributed by atoms with van der Waals surface area (Å²) >= 11 is 0. The van der Waals surface area contributed by atoms with Crippen LogP contribution in [0.25, 0.3) is 0 Å². The van der Waals surface area contributed by atoms with Crippen molar-refractivity contribution in [3.05, 3.63) is 53.1 Å². The van der Waals surface area contributed by atoms with E-state index >= 15 is 0 Å². The third kappa shape index (κ3) is 2.06. The molecule has 0 bridgehead atoms. The molecule has 82 valence electrons. The number of aryl methyl sites for hydroxylation is 2. The first-order valence-corrected chi connectivity index (χ1v) is 5.07. The van der Waals surface area contributed by atoms with Crippen LogP contribution in [0.15, 0.2) is 30.6 Å². The van der Waals surface area contributed by atoms with E-state index in [9.17, 15) is 5.11 Å². The van der Waals surface area contributed by atoms with Gasteiger partial charge in [-0.3, -0.25) is 4.98 Å². The van der Waals surface area contributed by atoms with Crippen molar-refractivity contribution < 1.29 is 5.11 Å². The molecule has 2 aromatic rings. The summed E-state index contributed by atoms with van der Waals surface area (Å²) in [5.41, 5.74) is 3.07. The van der Waals surface area contributed by atoms with E-state index in [0.717, 1.165) is 22.5 Å². The maximum Gasteiger partial charge on any atom is 0.107 e. The summed E-state index contributed by atoms with van der Waals surface area (Å²) in [7, 11) is 0. The van der Waals surface area contributed by atoms with Gasteiger partial charge in [0, 0.05) is 23.5 Å². The van der Waals surface area contributed by atoms with E-state index in [1.807, 2.05) is 26.0 Å². The van der Waals surface area contributed by atoms with Crippen molar-refractivity contribution in [2.75, 3.05) is 0 Å². The van der Waals surface area contributed by atoms with Gasteiger partial charge in [0.15, 0.2) is 0 Å². The summed E-state index contributed by atoms with van der Waals surface area (Å²) in [5, 5.41) is 18.1. The Morgan fingerprint density at radius 2 is 2.06 bits per heavy atom. The van der Waals surface area contributed by atoms with Crippen LogP contribution < -0.4 is 0 Å². The largest absolute Gasteiger partial charge is 0.384 e. The van der Waals surface area contributed by atoms with Crippen LogP contribution in [0.1, 0.15) is 28.6 Å². The molecule has 0 amide bonds. The quantitative estimate of drug-likeness (QED) is 0.826. The molecule has 0 spiro atoms. The molecule has 1 N–H and O–H groups in total. The van der Waals surface area contributed by atoms with E-state index in [-0.39, 0.29) is 0 Å². The summed E-state index contributed by atoms with van der Waals surface area (Å²) in [6.07, 6.45) is 2.64. The number of hydrogen-bond acceptors (Lipinski definition) is 4. The van der Waals surface area contributed by atoms with Crippen molar-refractivity contribution in [3.8, 4) is 0 Å². The maximum absolute atomic E-state index is 10.2. The third-order valence-corrected chi connectivity index (χ3v) is 2.43. The Hall–Kier alpha value is -1.81. The maximum atomic E-state index is 10.2. The monoisotopic (exact) mass is 215 g/mol. The fraction of sp³-hybridized carbons (Fsp3) is 0.250. The van der Waals surface area contributed by atoms with Gasteiger partial charge in [-0.15, -0.1) is 0 Å². The Morgan fingerprint density at radius 3 is 2.75 bits per heavy atom. The second-order valence-corrected chi connectivity index (χ2v) is 3.72. The SMILES string of the molecule is Cc1cc(C(O)c2cccnc2)c(C)nn1. The highest BCUT2D eigenvalue weighted by molar-refractivity contribution is 5.30. The third-order valence-electron chi connectivity index (χ3n) is 2.43. The molecule has 0 aromatic carbocycles. The molecule has 2 rings (SSSR count). The van der Waals surface area contributed by atoms with Crippen molar-refractivity contribution in [3.63, 3.8) is 0 Å². The summed E-state index contributed by atoms with van der Waals surface area (Å²) in [4.78, 5) is 3.99. The number of hydrogen-bond donors (Lipinski definition) is 1. The van der Waals surface area contributed by atoms with E-state index in [2.05, 4.69) is 15.2 Å². The minimum absolute atomic E-state index is 0.692. The molecule has 0 aliphatic rings. The molecule has 0 radical (unpaired) electrons.